The lowest BCUT2D eigenvalue weighted by atomic mass is 10.3. The van der Waals surface area contributed by atoms with Crippen LogP contribution in [0.4, 0.5) is 5.69 Å². The minimum absolute atomic E-state index is 0.176. The van der Waals surface area contributed by atoms with Gasteiger partial charge >= 0.3 is 5.97 Å². The second-order valence-electron chi connectivity index (χ2n) is 4.35. The molecule has 5 nitrogen and oxygen atoms in total. The Morgan fingerprint density at radius 3 is 2.65 bits per heavy atom. The fourth-order valence-electron chi connectivity index (χ4n) is 2.02. The average molecular weight is 274 g/mol. The summed E-state index contributed by atoms with van der Waals surface area (Å²) >= 11 is 0. The van der Waals surface area contributed by atoms with Crippen LogP contribution < -0.4 is 0 Å². The number of likely N-dealkylation sites (tertiary alicyclic amines) is 1. The van der Waals surface area contributed by atoms with Crippen LogP contribution in [0.15, 0.2) is 47.3 Å². The monoisotopic (exact) mass is 274 g/mol. The molecule has 1 aromatic rings. The number of carbonyl (C=O) groups is 1. The van der Waals surface area contributed by atoms with Gasteiger partial charge in [-0.2, -0.15) is 0 Å². The number of nitrogens with zero attached hydrogens (tertiary/aromatic N) is 2. The average Bonchev–Trinajstić information content (AvgIpc) is 2.92. The number of esters is 1. The lowest BCUT2D eigenvalue weighted by Crippen LogP contribution is -2.21. The topological polar surface area (TPSA) is 51.1 Å². The molecule has 0 radical (unpaired) electrons. The summed E-state index contributed by atoms with van der Waals surface area (Å²) in [6, 6.07) is 9.75. The summed E-state index contributed by atoms with van der Waals surface area (Å²) in [6.07, 6.45) is 3.53. The molecule has 1 aliphatic heterocycles. The molecule has 0 unspecified atom stereocenters. The molecule has 5 heteroatoms. The van der Waals surface area contributed by atoms with E-state index in [0.29, 0.717) is 0 Å². The van der Waals surface area contributed by atoms with Crippen LogP contribution in [0.1, 0.15) is 12.8 Å². The summed E-state index contributed by atoms with van der Waals surface area (Å²) in [5.41, 5.74) is 0.903. The molecule has 1 saturated heterocycles. The van der Waals surface area contributed by atoms with Crippen molar-refractivity contribution in [2.75, 3.05) is 20.8 Å². The summed E-state index contributed by atoms with van der Waals surface area (Å²) in [5, 5.41) is 0. The Morgan fingerprint density at radius 2 is 2.00 bits per heavy atom. The minimum Gasteiger partial charge on any atom is -0.489 e. The lowest BCUT2D eigenvalue weighted by molar-refractivity contribution is -0.139. The number of hydrogen-bond acceptors (Lipinski definition) is 4. The molecule has 0 amide bonds. The third-order valence-electron chi connectivity index (χ3n) is 3.02. The van der Waals surface area contributed by atoms with E-state index in [9.17, 15) is 4.79 Å². The number of ether oxygens (including phenoxy) is 2. The first kappa shape index (κ1) is 14.1. The van der Waals surface area contributed by atoms with Gasteiger partial charge in [0, 0.05) is 13.0 Å². The highest BCUT2D eigenvalue weighted by molar-refractivity contribution is 5.90. The van der Waals surface area contributed by atoms with Gasteiger partial charge in [0.05, 0.1) is 26.1 Å². The zero-order chi connectivity index (χ0) is 14.4. The third-order valence-corrected chi connectivity index (χ3v) is 3.02. The van der Waals surface area contributed by atoms with Gasteiger partial charge in [-0.1, -0.05) is 18.2 Å². The maximum atomic E-state index is 11.5. The van der Waals surface area contributed by atoms with E-state index in [0.717, 1.165) is 30.9 Å². The molecule has 20 heavy (non-hydrogen) atoms. The fourth-order valence-corrected chi connectivity index (χ4v) is 2.02. The normalized spacial score (nSPS) is 17.4. The van der Waals surface area contributed by atoms with Gasteiger partial charge < -0.3 is 14.4 Å². The maximum absolute atomic E-state index is 11.5. The standard InChI is InChI=1S/C15H18N2O3/c1-19-13(15(18)20-2)11-17-10-6-9-14(17)16-12-7-4-3-5-8-12/h3-5,7-8,11H,6,9-10H2,1-2H3/b13-11-,16-14?. The molecule has 0 aliphatic carbocycles. The van der Waals surface area contributed by atoms with Gasteiger partial charge in [-0.05, 0) is 18.6 Å². The maximum Gasteiger partial charge on any atom is 0.374 e. The van der Waals surface area contributed by atoms with E-state index in [1.807, 2.05) is 35.2 Å². The van der Waals surface area contributed by atoms with E-state index in [2.05, 4.69) is 9.73 Å². The molecular weight excluding hydrogens is 256 g/mol. The van der Waals surface area contributed by atoms with Crippen molar-refractivity contribution in [1.82, 2.24) is 4.90 Å². The molecule has 1 fully saturated rings. The molecule has 0 N–H and O–H groups in total. The molecule has 0 atom stereocenters. The zero-order valence-corrected chi connectivity index (χ0v) is 11.7. The number of para-hydroxylation sites is 1. The van der Waals surface area contributed by atoms with Crippen LogP contribution in [0.3, 0.4) is 0 Å². The first-order chi connectivity index (χ1) is 9.74. The van der Waals surface area contributed by atoms with E-state index < -0.39 is 5.97 Å². The Bertz CT molecular complexity index is 523. The number of benzene rings is 1. The van der Waals surface area contributed by atoms with Crippen molar-refractivity contribution in [2.24, 2.45) is 4.99 Å². The lowest BCUT2D eigenvalue weighted by Gasteiger charge is -2.15. The number of carbonyl (C=O) groups excluding carboxylic acids is 1. The number of rotatable bonds is 4. The van der Waals surface area contributed by atoms with Crippen LogP contribution in [0.5, 0.6) is 0 Å². The van der Waals surface area contributed by atoms with E-state index in [-0.39, 0.29) is 5.76 Å². The summed E-state index contributed by atoms with van der Waals surface area (Å²) in [5.74, 6) is 0.614. The molecule has 0 bridgehead atoms. The SMILES string of the molecule is COC(=O)/C(=C/N1CCCC1=Nc1ccccc1)OC. The largest absolute Gasteiger partial charge is 0.489 e. The summed E-state index contributed by atoms with van der Waals surface area (Å²) in [6.45, 7) is 0.815. The Morgan fingerprint density at radius 1 is 1.25 bits per heavy atom. The predicted octanol–water partition coefficient (Wildman–Crippen LogP) is 2.47. The van der Waals surface area contributed by atoms with Gasteiger partial charge in [-0.3, -0.25) is 0 Å². The Kier molecular flexibility index (Phi) is 4.76. The van der Waals surface area contributed by atoms with Crippen molar-refractivity contribution in [3.8, 4) is 0 Å². The number of amidine groups is 1. The van der Waals surface area contributed by atoms with Crippen LogP contribution in [-0.2, 0) is 14.3 Å². The minimum atomic E-state index is -0.488. The number of aliphatic imine (C=N–C) groups is 1. The highest BCUT2D eigenvalue weighted by Gasteiger charge is 2.20. The second kappa shape index (κ2) is 6.75. The third kappa shape index (κ3) is 3.38. The van der Waals surface area contributed by atoms with Gasteiger partial charge in [0.1, 0.15) is 5.84 Å². The van der Waals surface area contributed by atoms with E-state index >= 15 is 0 Å². The quantitative estimate of drug-likeness (QED) is 0.481. The van der Waals surface area contributed by atoms with Gasteiger partial charge in [-0.15, -0.1) is 0 Å². The molecular formula is C15H18N2O3. The first-order valence-electron chi connectivity index (χ1n) is 6.48. The molecule has 106 valence electrons. The van der Waals surface area contributed by atoms with Gasteiger partial charge in [0.2, 0.25) is 5.76 Å². The van der Waals surface area contributed by atoms with Crippen LogP contribution in [0.25, 0.3) is 0 Å². The van der Waals surface area contributed by atoms with Crippen molar-refractivity contribution in [3.05, 3.63) is 42.3 Å². The Hall–Kier alpha value is -2.30. The van der Waals surface area contributed by atoms with E-state index in [1.54, 1.807) is 6.20 Å². The van der Waals surface area contributed by atoms with E-state index in [4.69, 9.17) is 4.74 Å². The predicted molar refractivity (Wildman–Crippen MR) is 76.6 cm³/mol. The zero-order valence-electron chi connectivity index (χ0n) is 11.7. The number of hydrogen-bond donors (Lipinski definition) is 0. The van der Waals surface area contributed by atoms with Crippen molar-refractivity contribution in [2.45, 2.75) is 12.8 Å². The smallest absolute Gasteiger partial charge is 0.374 e. The highest BCUT2D eigenvalue weighted by Crippen LogP contribution is 2.19. The summed E-state index contributed by atoms with van der Waals surface area (Å²) in [4.78, 5) is 18.0. The van der Waals surface area contributed by atoms with E-state index in [1.165, 1.54) is 14.2 Å². The Labute approximate surface area is 118 Å². The molecule has 2 rings (SSSR count). The van der Waals surface area contributed by atoms with Crippen LogP contribution in [-0.4, -0.2) is 37.5 Å². The highest BCUT2D eigenvalue weighted by atomic mass is 16.6. The second-order valence-corrected chi connectivity index (χ2v) is 4.35. The van der Waals surface area contributed by atoms with Crippen molar-refractivity contribution in [3.63, 3.8) is 0 Å². The molecule has 1 heterocycles. The van der Waals surface area contributed by atoms with Gasteiger partial charge in [0.25, 0.3) is 0 Å². The number of methoxy groups -OCH3 is 2. The molecule has 0 spiro atoms. The van der Waals surface area contributed by atoms with Crippen LogP contribution >= 0.6 is 0 Å². The van der Waals surface area contributed by atoms with Gasteiger partial charge in [0.15, 0.2) is 0 Å². The van der Waals surface area contributed by atoms with Gasteiger partial charge in [-0.25, -0.2) is 9.79 Å². The Balaban J connectivity index is 2.21. The molecule has 0 aromatic heterocycles. The molecule has 1 aliphatic rings. The van der Waals surface area contributed by atoms with Crippen LogP contribution in [0.2, 0.25) is 0 Å². The summed E-state index contributed by atoms with van der Waals surface area (Å²) in [7, 11) is 2.78. The van der Waals surface area contributed by atoms with Crippen LogP contribution in [0, 0.1) is 0 Å². The first-order valence-corrected chi connectivity index (χ1v) is 6.48. The van der Waals surface area contributed by atoms with Crippen molar-refractivity contribution < 1.29 is 14.3 Å². The summed E-state index contributed by atoms with van der Waals surface area (Å²) < 4.78 is 9.72. The van der Waals surface area contributed by atoms with Crippen molar-refractivity contribution >= 4 is 17.5 Å². The molecule has 0 saturated carbocycles. The van der Waals surface area contributed by atoms with Crippen molar-refractivity contribution in [1.29, 1.82) is 0 Å². The fraction of sp³-hybridized carbons (Fsp3) is 0.333. The molecule has 1 aromatic carbocycles.